The summed E-state index contributed by atoms with van der Waals surface area (Å²) in [5.41, 5.74) is 2.94. The molecule has 4 heteroatoms. The third kappa shape index (κ3) is 4.19. The molecule has 0 aromatic heterocycles. The first-order valence-corrected chi connectivity index (χ1v) is 8.78. The Labute approximate surface area is 134 Å². The zero-order valence-electron chi connectivity index (χ0n) is 13.5. The van der Waals surface area contributed by atoms with Crippen molar-refractivity contribution in [1.29, 1.82) is 0 Å². The quantitative estimate of drug-likeness (QED) is 0.827. The van der Waals surface area contributed by atoms with Crippen LogP contribution in [0.1, 0.15) is 37.5 Å². The van der Waals surface area contributed by atoms with Crippen molar-refractivity contribution in [2.24, 2.45) is 0 Å². The predicted octanol–water partition coefficient (Wildman–Crippen LogP) is 1.76. The summed E-state index contributed by atoms with van der Waals surface area (Å²) in [6.07, 6.45) is 0. The Morgan fingerprint density at radius 2 is 1.55 bits per heavy atom. The molecule has 0 spiro atoms. The molecular weight excluding hydrogens is 292 g/mol. The van der Waals surface area contributed by atoms with E-state index in [9.17, 15) is 10.2 Å². The maximum absolute atomic E-state index is 9.29. The Balaban J connectivity index is 2.20. The molecule has 0 heterocycles. The third-order valence-electron chi connectivity index (χ3n) is 3.61. The Hall–Kier alpha value is -1.62. The number of hydrogen-bond donors (Lipinski definition) is 2. The fourth-order valence-electron chi connectivity index (χ4n) is 2.53. The smallest absolute Gasteiger partial charge is 0.251 e. The Kier molecular flexibility index (Phi) is 5.40. The van der Waals surface area contributed by atoms with Gasteiger partial charge in [-0.2, -0.15) is 0 Å². The maximum Gasteiger partial charge on any atom is 0.251 e. The zero-order valence-corrected chi connectivity index (χ0v) is 14.9. The van der Waals surface area contributed by atoms with Gasteiger partial charge in [0.2, 0.25) is 0 Å². The summed E-state index contributed by atoms with van der Waals surface area (Å²) < 4.78 is 6.03. The first kappa shape index (κ1) is 16.7. The van der Waals surface area contributed by atoms with E-state index in [1.807, 2.05) is 18.2 Å². The zero-order chi connectivity index (χ0) is 16.2. The molecule has 0 saturated heterocycles. The van der Waals surface area contributed by atoms with Crippen molar-refractivity contribution >= 4 is 14.9 Å². The van der Waals surface area contributed by atoms with Crippen molar-refractivity contribution in [3.8, 4) is 5.75 Å². The predicted molar refractivity (Wildman–Crippen MR) is 92.2 cm³/mol. The summed E-state index contributed by atoms with van der Waals surface area (Å²) in [7, 11) is -0.929. The molecule has 2 aromatic carbocycles. The minimum absolute atomic E-state index is 0.0513. The van der Waals surface area contributed by atoms with Crippen molar-refractivity contribution in [3.63, 3.8) is 0 Å². The van der Waals surface area contributed by atoms with E-state index in [1.54, 1.807) is 6.07 Å². The van der Waals surface area contributed by atoms with Crippen LogP contribution in [0, 0.1) is 0 Å². The molecule has 0 aliphatic heterocycles. The summed E-state index contributed by atoms with van der Waals surface area (Å²) >= 11 is 0. The second-order valence-corrected chi connectivity index (χ2v) is 7.84. The third-order valence-corrected chi connectivity index (χ3v) is 5.02. The molecule has 118 valence electrons. The van der Waals surface area contributed by atoms with Gasteiger partial charge in [0.15, 0.2) is 0 Å². The Bertz CT molecular complexity index is 610. The summed E-state index contributed by atoms with van der Waals surface area (Å²) in [4.78, 5) is 0. The Morgan fingerprint density at radius 1 is 0.955 bits per heavy atom. The monoisotopic (exact) mass is 316 g/mol. The second-order valence-electron chi connectivity index (χ2n) is 6.50. The van der Waals surface area contributed by atoms with Crippen LogP contribution in [-0.4, -0.2) is 20.0 Å². The Morgan fingerprint density at radius 3 is 2.09 bits per heavy atom. The van der Waals surface area contributed by atoms with E-state index in [0.29, 0.717) is 0 Å². The van der Waals surface area contributed by atoms with Crippen LogP contribution >= 0.6 is 0 Å². The molecule has 0 aliphatic rings. The van der Waals surface area contributed by atoms with E-state index in [0.717, 1.165) is 16.9 Å². The molecule has 2 rings (SSSR count). The molecule has 22 heavy (non-hydrogen) atoms. The number of aliphatic hydroxyl groups excluding tert-OH is 2. The maximum atomic E-state index is 9.29. The van der Waals surface area contributed by atoms with E-state index < -0.39 is 9.76 Å². The normalized spacial score (nSPS) is 12.0. The average molecular weight is 316 g/mol. The van der Waals surface area contributed by atoms with Crippen LogP contribution in [0.3, 0.4) is 0 Å². The lowest BCUT2D eigenvalue weighted by Crippen LogP contribution is -2.30. The van der Waals surface area contributed by atoms with E-state index in [2.05, 4.69) is 39.0 Å². The molecule has 0 fully saturated rings. The van der Waals surface area contributed by atoms with Gasteiger partial charge in [-0.05, 0) is 39.4 Å². The molecule has 0 amide bonds. The van der Waals surface area contributed by atoms with Crippen LogP contribution in [0.2, 0.25) is 0 Å². The lowest BCUT2D eigenvalue weighted by atomic mass is 9.87. The van der Waals surface area contributed by atoms with Crippen molar-refractivity contribution in [2.45, 2.75) is 39.4 Å². The van der Waals surface area contributed by atoms with Gasteiger partial charge < -0.3 is 14.6 Å². The number of hydrogen-bond acceptors (Lipinski definition) is 3. The summed E-state index contributed by atoms with van der Waals surface area (Å²) in [5, 5.41) is 19.9. The van der Waals surface area contributed by atoms with Crippen LogP contribution in [0.4, 0.5) is 0 Å². The fraction of sp³-hybridized carbons (Fsp3) is 0.333. The summed E-state index contributed by atoms with van der Waals surface area (Å²) in [6, 6.07) is 13.9. The molecule has 3 nitrogen and oxygen atoms in total. The van der Waals surface area contributed by atoms with Gasteiger partial charge in [0.05, 0.1) is 13.2 Å². The van der Waals surface area contributed by atoms with Gasteiger partial charge in [0.25, 0.3) is 9.76 Å². The lowest BCUT2D eigenvalue weighted by Gasteiger charge is -2.23. The van der Waals surface area contributed by atoms with Crippen LogP contribution in [-0.2, 0) is 18.6 Å². The van der Waals surface area contributed by atoms with Crippen LogP contribution < -0.4 is 9.61 Å². The van der Waals surface area contributed by atoms with Gasteiger partial charge in [-0.3, -0.25) is 0 Å². The molecule has 0 saturated carbocycles. The highest BCUT2D eigenvalue weighted by Crippen LogP contribution is 2.21. The highest BCUT2D eigenvalue weighted by atomic mass is 28.2. The minimum Gasteiger partial charge on any atom is -0.545 e. The number of aliphatic hydroxyl groups is 2. The van der Waals surface area contributed by atoms with E-state index in [4.69, 9.17) is 4.43 Å². The largest absolute Gasteiger partial charge is 0.545 e. The van der Waals surface area contributed by atoms with Crippen LogP contribution in [0.5, 0.6) is 5.75 Å². The van der Waals surface area contributed by atoms with Crippen molar-refractivity contribution in [3.05, 3.63) is 59.2 Å². The van der Waals surface area contributed by atoms with Crippen molar-refractivity contribution in [2.75, 3.05) is 0 Å². The van der Waals surface area contributed by atoms with E-state index >= 15 is 0 Å². The average Bonchev–Trinajstić information content (AvgIpc) is 2.52. The van der Waals surface area contributed by atoms with Gasteiger partial charge in [-0.25, -0.2) is 0 Å². The van der Waals surface area contributed by atoms with Gasteiger partial charge >= 0.3 is 0 Å². The van der Waals surface area contributed by atoms with E-state index in [1.165, 1.54) is 10.8 Å². The molecule has 0 unspecified atom stereocenters. The standard InChI is InChI=1S/C18H24O3Si/c1-18(2,3)16-6-4-5-7-17(16)22-21-15-9-13(11-19)8-14(10-15)12-20/h4-10,19-20H,11-12,22H2,1-3H3. The van der Waals surface area contributed by atoms with Crippen LogP contribution in [0.25, 0.3) is 0 Å². The minimum atomic E-state index is -0.929. The molecule has 0 aliphatic carbocycles. The first-order valence-electron chi connectivity index (χ1n) is 7.50. The molecule has 0 atom stereocenters. The number of rotatable bonds is 5. The topological polar surface area (TPSA) is 49.7 Å². The van der Waals surface area contributed by atoms with Crippen LogP contribution in [0.15, 0.2) is 42.5 Å². The number of benzene rings is 2. The van der Waals surface area contributed by atoms with Gasteiger partial charge in [0, 0.05) is 0 Å². The lowest BCUT2D eigenvalue weighted by molar-refractivity contribution is 0.274. The highest BCUT2D eigenvalue weighted by Gasteiger charge is 2.17. The molecule has 0 bridgehead atoms. The second kappa shape index (κ2) is 7.09. The van der Waals surface area contributed by atoms with E-state index in [-0.39, 0.29) is 18.6 Å². The van der Waals surface area contributed by atoms with Gasteiger partial charge in [-0.1, -0.05) is 51.1 Å². The van der Waals surface area contributed by atoms with Gasteiger partial charge in [-0.15, -0.1) is 0 Å². The SMILES string of the molecule is CC(C)(C)c1ccccc1[SiH2]Oc1cc(CO)cc(CO)c1. The van der Waals surface area contributed by atoms with Crippen molar-refractivity contribution < 1.29 is 14.6 Å². The van der Waals surface area contributed by atoms with Crippen molar-refractivity contribution in [1.82, 2.24) is 0 Å². The summed E-state index contributed by atoms with van der Waals surface area (Å²) in [5.74, 6) is 0.728. The fourth-order valence-corrected chi connectivity index (χ4v) is 4.06. The molecule has 0 radical (unpaired) electrons. The van der Waals surface area contributed by atoms with Gasteiger partial charge in [0.1, 0.15) is 5.75 Å². The molecule has 2 N–H and O–H groups in total. The molecule has 2 aromatic rings. The highest BCUT2D eigenvalue weighted by molar-refractivity contribution is 6.48. The molecular formula is C18H24O3Si. The summed E-state index contributed by atoms with van der Waals surface area (Å²) in [6.45, 7) is 6.51. The first-order chi connectivity index (χ1) is 10.4.